The Hall–Kier alpha value is -1.02. The molecule has 2 rings (SSSR count). The van der Waals surface area contributed by atoms with Crippen LogP contribution in [0.4, 0.5) is 0 Å². The normalized spacial score (nSPS) is 18.4. The number of aliphatic hydroxyl groups excluding tert-OH is 1. The van der Waals surface area contributed by atoms with Crippen LogP contribution < -0.4 is 0 Å². The molecular formula is C14H20O2. The van der Waals surface area contributed by atoms with Crippen LogP contribution in [0.25, 0.3) is 0 Å². The molecule has 1 N–H and O–H groups in total. The van der Waals surface area contributed by atoms with Gasteiger partial charge in [0.25, 0.3) is 0 Å². The number of furan rings is 1. The average molecular weight is 220 g/mol. The van der Waals surface area contributed by atoms with Crippen molar-refractivity contribution in [3.05, 3.63) is 34.3 Å². The van der Waals surface area contributed by atoms with E-state index in [9.17, 15) is 5.11 Å². The van der Waals surface area contributed by atoms with Gasteiger partial charge in [0.1, 0.15) is 17.6 Å². The van der Waals surface area contributed by atoms with Crippen LogP contribution in [0.2, 0.25) is 0 Å². The zero-order valence-electron chi connectivity index (χ0n) is 10.3. The minimum atomic E-state index is -0.460. The Kier molecular flexibility index (Phi) is 3.20. The van der Waals surface area contributed by atoms with Gasteiger partial charge in [-0.1, -0.05) is 6.08 Å². The molecule has 0 aromatic carbocycles. The van der Waals surface area contributed by atoms with Crippen molar-refractivity contribution < 1.29 is 9.52 Å². The Balaban J connectivity index is 2.32. The summed E-state index contributed by atoms with van der Waals surface area (Å²) in [4.78, 5) is 0. The van der Waals surface area contributed by atoms with Gasteiger partial charge in [-0.2, -0.15) is 0 Å². The molecule has 2 heteroatoms. The van der Waals surface area contributed by atoms with Crippen molar-refractivity contribution in [3.8, 4) is 0 Å². The highest BCUT2D eigenvalue weighted by atomic mass is 16.3. The molecule has 0 radical (unpaired) electrons. The number of rotatable bonds is 2. The van der Waals surface area contributed by atoms with E-state index in [1.165, 1.54) is 18.4 Å². The van der Waals surface area contributed by atoms with Gasteiger partial charge in [0.05, 0.1) is 0 Å². The molecule has 1 atom stereocenters. The third-order valence-electron chi connectivity index (χ3n) is 3.57. The summed E-state index contributed by atoms with van der Waals surface area (Å²) in [5, 5.41) is 10.4. The fourth-order valence-corrected chi connectivity index (χ4v) is 2.51. The van der Waals surface area contributed by atoms with Crippen LogP contribution in [0.3, 0.4) is 0 Å². The molecule has 0 saturated heterocycles. The summed E-state index contributed by atoms with van der Waals surface area (Å²) >= 11 is 0. The first-order chi connectivity index (χ1) is 7.61. The maximum absolute atomic E-state index is 10.4. The topological polar surface area (TPSA) is 33.4 Å². The fraction of sp³-hybridized carbons (Fsp3) is 0.571. The van der Waals surface area contributed by atoms with Gasteiger partial charge in [-0.05, 0) is 57.6 Å². The van der Waals surface area contributed by atoms with E-state index in [0.29, 0.717) is 0 Å². The average Bonchev–Trinajstić information content (AvgIpc) is 2.54. The molecule has 0 saturated carbocycles. The highest BCUT2D eigenvalue weighted by Gasteiger charge is 2.22. The van der Waals surface area contributed by atoms with Gasteiger partial charge >= 0.3 is 0 Å². The van der Waals surface area contributed by atoms with Crippen LogP contribution in [-0.2, 0) is 0 Å². The number of hydrogen-bond donors (Lipinski definition) is 1. The second kappa shape index (κ2) is 4.46. The van der Waals surface area contributed by atoms with Crippen molar-refractivity contribution in [2.75, 3.05) is 0 Å². The first-order valence-electron chi connectivity index (χ1n) is 6.04. The molecule has 0 spiro atoms. The van der Waals surface area contributed by atoms with Gasteiger partial charge < -0.3 is 9.52 Å². The number of hydrogen-bond acceptors (Lipinski definition) is 2. The standard InChI is InChI=1S/C14H20O2/c1-9-10(2)16-11(3)13(9)14(15)12-7-5-4-6-8-12/h7,14-15H,4-6,8H2,1-3H3. The Labute approximate surface area is 97.0 Å². The Bertz CT molecular complexity index is 413. The lowest BCUT2D eigenvalue weighted by molar-refractivity contribution is 0.205. The third kappa shape index (κ3) is 1.94. The van der Waals surface area contributed by atoms with E-state index >= 15 is 0 Å². The molecule has 1 unspecified atom stereocenters. The van der Waals surface area contributed by atoms with E-state index in [-0.39, 0.29) is 0 Å². The van der Waals surface area contributed by atoms with E-state index in [1.807, 2.05) is 20.8 Å². The van der Waals surface area contributed by atoms with E-state index in [2.05, 4.69) is 6.08 Å². The van der Waals surface area contributed by atoms with Crippen LogP contribution >= 0.6 is 0 Å². The first-order valence-corrected chi connectivity index (χ1v) is 6.04. The summed E-state index contributed by atoms with van der Waals surface area (Å²) in [6, 6.07) is 0. The molecule has 88 valence electrons. The molecule has 1 aromatic rings. The summed E-state index contributed by atoms with van der Waals surface area (Å²) < 4.78 is 5.57. The van der Waals surface area contributed by atoms with Crippen molar-refractivity contribution in [2.24, 2.45) is 0 Å². The van der Waals surface area contributed by atoms with Gasteiger partial charge in [0, 0.05) is 5.56 Å². The summed E-state index contributed by atoms with van der Waals surface area (Å²) in [5.41, 5.74) is 3.24. The van der Waals surface area contributed by atoms with E-state index < -0.39 is 6.10 Å². The highest BCUT2D eigenvalue weighted by Crippen LogP contribution is 2.35. The third-order valence-corrected chi connectivity index (χ3v) is 3.57. The largest absolute Gasteiger partial charge is 0.466 e. The highest BCUT2D eigenvalue weighted by molar-refractivity contribution is 5.37. The summed E-state index contributed by atoms with van der Waals surface area (Å²) in [5.74, 6) is 1.77. The van der Waals surface area contributed by atoms with Gasteiger partial charge in [0.2, 0.25) is 0 Å². The Morgan fingerprint density at radius 1 is 1.19 bits per heavy atom. The van der Waals surface area contributed by atoms with Crippen LogP contribution in [0.15, 0.2) is 16.1 Å². The second-order valence-electron chi connectivity index (χ2n) is 4.68. The minimum Gasteiger partial charge on any atom is -0.466 e. The summed E-state index contributed by atoms with van der Waals surface area (Å²) in [7, 11) is 0. The maximum Gasteiger partial charge on any atom is 0.107 e. The van der Waals surface area contributed by atoms with E-state index in [4.69, 9.17) is 4.42 Å². The van der Waals surface area contributed by atoms with Crippen LogP contribution in [0.1, 0.15) is 54.4 Å². The minimum absolute atomic E-state index is 0.460. The molecular weight excluding hydrogens is 200 g/mol. The predicted molar refractivity (Wildman–Crippen MR) is 64.4 cm³/mol. The van der Waals surface area contributed by atoms with Gasteiger partial charge in [-0.25, -0.2) is 0 Å². The SMILES string of the molecule is Cc1oc(C)c(C(O)C2=CCCCC2)c1C. The summed E-state index contributed by atoms with van der Waals surface area (Å²) in [6.07, 6.45) is 6.29. The Morgan fingerprint density at radius 2 is 1.94 bits per heavy atom. The molecule has 2 nitrogen and oxygen atoms in total. The van der Waals surface area contributed by atoms with Gasteiger partial charge in [-0.15, -0.1) is 0 Å². The van der Waals surface area contributed by atoms with Crippen molar-refractivity contribution in [2.45, 2.75) is 52.6 Å². The number of allylic oxidation sites excluding steroid dienone is 1. The van der Waals surface area contributed by atoms with Gasteiger partial charge in [0.15, 0.2) is 0 Å². The molecule has 1 aliphatic rings. The van der Waals surface area contributed by atoms with Crippen LogP contribution in [-0.4, -0.2) is 5.11 Å². The number of aryl methyl sites for hydroxylation is 2. The maximum atomic E-state index is 10.4. The molecule has 0 aliphatic heterocycles. The zero-order chi connectivity index (χ0) is 11.7. The molecule has 0 fully saturated rings. The monoisotopic (exact) mass is 220 g/mol. The zero-order valence-corrected chi connectivity index (χ0v) is 10.3. The van der Waals surface area contributed by atoms with Crippen molar-refractivity contribution in [1.82, 2.24) is 0 Å². The smallest absolute Gasteiger partial charge is 0.107 e. The second-order valence-corrected chi connectivity index (χ2v) is 4.68. The summed E-state index contributed by atoms with van der Waals surface area (Å²) in [6.45, 7) is 5.91. The van der Waals surface area contributed by atoms with Crippen LogP contribution in [0, 0.1) is 20.8 Å². The molecule has 0 bridgehead atoms. The predicted octanol–water partition coefficient (Wildman–Crippen LogP) is 3.74. The van der Waals surface area contributed by atoms with Gasteiger partial charge in [-0.3, -0.25) is 0 Å². The lowest BCUT2D eigenvalue weighted by Crippen LogP contribution is -2.06. The molecule has 1 aromatic heterocycles. The van der Waals surface area contributed by atoms with Crippen molar-refractivity contribution >= 4 is 0 Å². The molecule has 0 amide bonds. The van der Waals surface area contributed by atoms with E-state index in [1.54, 1.807) is 0 Å². The first kappa shape index (κ1) is 11.5. The lowest BCUT2D eigenvalue weighted by atomic mass is 9.90. The Morgan fingerprint density at radius 3 is 2.44 bits per heavy atom. The van der Waals surface area contributed by atoms with Crippen LogP contribution in [0.5, 0.6) is 0 Å². The number of aliphatic hydroxyl groups is 1. The van der Waals surface area contributed by atoms with Crippen molar-refractivity contribution in [3.63, 3.8) is 0 Å². The van der Waals surface area contributed by atoms with Crippen molar-refractivity contribution in [1.29, 1.82) is 0 Å². The molecule has 1 aliphatic carbocycles. The quantitative estimate of drug-likeness (QED) is 0.770. The fourth-order valence-electron chi connectivity index (χ4n) is 2.51. The molecule has 16 heavy (non-hydrogen) atoms. The molecule has 1 heterocycles. The lowest BCUT2D eigenvalue weighted by Gasteiger charge is -2.19. The van der Waals surface area contributed by atoms with E-state index in [0.717, 1.165) is 35.5 Å².